The Morgan fingerprint density at radius 1 is 1.38 bits per heavy atom. The van der Waals surface area contributed by atoms with Gasteiger partial charge in [0.1, 0.15) is 4.32 Å². The molecule has 0 bridgehead atoms. The highest BCUT2D eigenvalue weighted by atomic mass is 32.2. The molecule has 0 unspecified atom stereocenters. The second kappa shape index (κ2) is 7.43. The number of rotatable bonds is 3. The monoisotopic (exact) mass is 319 g/mol. The minimum atomic E-state index is -0.242. The van der Waals surface area contributed by atoms with Gasteiger partial charge in [-0.2, -0.15) is 5.26 Å². The number of nitrogens with zero attached hydrogens (tertiary/aromatic N) is 2. The van der Waals surface area contributed by atoms with Gasteiger partial charge in [0.2, 0.25) is 5.91 Å². The van der Waals surface area contributed by atoms with Crippen LogP contribution < -0.4 is 5.32 Å². The zero-order chi connectivity index (χ0) is 15.2. The Morgan fingerprint density at radius 2 is 2.00 bits per heavy atom. The fraction of sp³-hybridized carbons (Fsp3) is 0.400. The highest BCUT2D eigenvalue weighted by Gasteiger charge is 2.21. The van der Waals surface area contributed by atoms with Crippen LogP contribution in [0.25, 0.3) is 0 Å². The maximum atomic E-state index is 12.1. The molecule has 1 heterocycles. The molecule has 1 amide bonds. The SMILES string of the molecule is C[C@H](SC(=S)N1CCCC1)C(=O)Nc1ccc(C#N)cc1. The molecule has 1 aromatic carbocycles. The van der Waals surface area contributed by atoms with Crippen molar-refractivity contribution in [3.8, 4) is 6.07 Å². The van der Waals surface area contributed by atoms with Crippen molar-refractivity contribution in [2.75, 3.05) is 18.4 Å². The molecule has 21 heavy (non-hydrogen) atoms. The van der Waals surface area contributed by atoms with E-state index in [1.54, 1.807) is 24.3 Å². The average Bonchev–Trinajstić information content (AvgIpc) is 3.02. The number of hydrogen-bond donors (Lipinski definition) is 1. The zero-order valence-corrected chi connectivity index (χ0v) is 13.5. The quantitative estimate of drug-likeness (QED) is 0.868. The standard InChI is InChI=1S/C15H17N3OS2/c1-11(21-15(20)18-8-2-3-9-18)14(19)17-13-6-4-12(10-16)5-7-13/h4-7,11H,2-3,8-9H2,1H3,(H,17,19)/t11-/m0/s1. The van der Waals surface area contributed by atoms with Gasteiger partial charge in [0.05, 0.1) is 16.9 Å². The molecule has 1 fully saturated rings. The summed E-state index contributed by atoms with van der Waals surface area (Å²) in [5.41, 5.74) is 1.27. The fourth-order valence-corrected chi connectivity index (χ4v) is 3.47. The summed E-state index contributed by atoms with van der Waals surface area (Å²) in [5.74, 6) is -0.0775. The van der Waals surface area contributed by atoms with E-state index in [2.05, 4.69) is 10.2 Å². The molecule has 1 aliphatic rings. The molecule has 1 aromatic rings. The van der Waals surface area contributed by atoms with Gasteiger partial charge in [0.15, 0.2) is 0 Å². The van der Waals surface area contributed by atoms with Gasteiger partial charge >= 0.3 is 0 Å². The maximum Gasteiger partial charge on any atom is 0.237 e. The van der Waals surface area contributed by atoms with E-state index >= 15 is 0 Å². The lowest BCUT2D eigenvalue weighted by Crippen LogP contribution is -2.29. The van der Waals surface area contributed by atoms with Crippen LogP contribution in [0.15, 0.2) is 24.3 Å². The van der Waals surface area contributed by atoms with Gasteiger partial charge in [-0.15, -0.1) is 0 Å². The molecule has 4 nitrogen and oxygen atoms in total. The molecule has 0 saturated carbocycles. The smallest absolute Gasteiger partial charge is 0.237 e. The number of amides is 1. The first-order chi connectivity index (χ1) is 10.1. The third-order valence-electron chi connectivity index (χ3n) is 3.29. The zero-order valence-electron chi connectivity index (χ0n) is 11.8. The summed E-state index contributed by atoms with van der Waals surface area (Å²) >= 11 is 6.80. The summed E-state index contributed by atoms with van der Waals surface area (Å²) in [6.45, 7) is 3.84. The molecule has 110 valence electrons. The molecule has 0 spiro atoms. The van der Waals surface area contributed by atoms with Gasteiger partial charge in [-0.1, -0.05) is 24.0 Å². The Balaban J connectivity index is 1.86. The number of benzene rings is 1. The summed E-state index contributed by atoms with van der Waals surface area (Å²) in [4.78, 5) is 14.3. The van der Waals surface area contributed by atoms with Crippen LogP contribution in [-0.4, -0.2) is 33.5 Å². The van der Waals surface area contributed by atoms with Crippen LogP contribution in [0.1, 0.15) is 25.3 Å². The fourth-order valence-electron chi connectivity index (χ4n) is 2.05. The Labute approximate surface area is 134 Å². The predicted molar refractivity (Wildman–Crippen MR) is 90.2 cm³/mol. The molecule has 1 aliphatic heterocycles. The van der Waals surface area contributed by atoms with Crippen molar-refractivity contribution < 1.29 is 4.79 Å². The summed E-state index contributed by atoms with van der Waals surface area (Å²) in [5, 5.41) is 11.3. The van der Waals surface area contributed by atoms with Gasteiger partial charge in [0, 0.05) is 18.8 Å². The van der Waals surface area contributed by atoms with Crippen LogP contribution in [0.4, 0.5) is 5.69 Å². The molecule has 1 N–H and O–H groups in total. The first-order valence-electron chi connectivity index (χ1n) is 6.87. The van der Waals surface area contributed by atoms with Crippen LogP contribution in [-0.2, 0) is 4.79 Å². The molecule has 0 aromatic heterocycles. The van der Waals surface area contributed by atoms with Crippen LogP contribution in [0.5, 0.6) is 0 Å². The van der Waals surface area contributed by atoms with Crippen molar-refractivity contribution >= 4 is 39.9 Å². The largest absolute Gasteiger partial charge is 0.358 e. The van der Waals surface area contributed by atoms with E-state index in [9.17, 15) is 4.79 Å². The molecule has 1 atom stereocenters. The molecule has 2 rings (SSSR count). The number of thioether (sulfide) groups is 1. The van der Waals surface area contributed by atoms with Crippen LogP contribution >= 0.6 is 24.0 Å². The second-order valence-corrected chi connectivity index (χ2v) is 6.87. The van der Waals surface area contributed by atoms with E-state index in [1.807, 2.05) is 13.0 Å². The van der Waals surface area contributed by atoms with E-state index in [-0.39, 0.29) is 11.2 Å². The second-order valence-electron chi connectivity index (χ2n) is 4.90. The number of hydrogen-bond acceptors (Lipinski definition) is 4. The molecule has 6 heteroatoms. The summed E-state index contributed by atoms with van der Waals surface area (Å²) in [6, 6.07) is 8.87. The van der Waals surface area contributed by atoms with Gasteiger partial charge in [0.25, 0.3) is 0 Å². The first-order valence-corrected chi connectivity index (χ1v) is 8.15. The summed E-state index contributed by atoms with van der Waals surface area (Å²) < 4.78 is 0.801. The lowest BCUT2D eigenvalue weighted by Gasteiger charge is -2.20. The predicted octanol–water partition coefficient (Wildman–Crippen LogP) is 3.00. The Hall–Kier alpha value is -1.58. The van der Waals surface area contributed by atoms with Crippen molar-refractivity contribution in [3.05, 3.63) is 29.8 Å². The van der Waals surface area contributed by atoms with Gasteiger partial charge < -0.3 is 10.2 Å². The number of likely N-dealkylation sites (tertiary alicyclic amines) is 1. The third kappa shape index (κ3) is 4.45. The highest BCUT2D eigenvalue weighted by Crippen LogP contribution is 2.21. The Morgan fingerprint density at radius 3 is 2.57 bits per heavy atom. The molecular weight excluding hydrogens is 302 g/mol. The van der Waals surface area contributed by atoms with E-state index in [4.69, 9.17) is 17.5 Å². The average molecular weight is 319 g/mol. The topological polar surface area (TPSA) is 56.1 Å². The van der Waals surface area contributed by atoms with E-state index in [1.165, 1.54) is 24.6 Å². The molecular formula is C15H17N3OS2. The number of nitrogens with one attached hydrogen (secondary N) is 1. The van der Waals surface area contributed by atoms with E-state index < -0.39 is 0 Å². The third-order valence-corrected chi connectivity index (χ3v) is 4.87. The lowest BCUT2D eigenvalue weighted by molar-refractivity contribution is -0.115. The van der Waals surface area contributed by atoms with Crippen molar-refractivity contribution in [3.63, 3.8) is 0 Å². The number of carbonyl (C=O) groups is 1. The number of nitriles is 1. The maximum absolute atomic E-state index is 12.1. The van der Waals surface area contributed by atoms with E-state index in [0.717, 1.165) is 17.4 Å². The number of thiocarbonyl (C=S) groups is 1. The Bertz CT molecular complexity index is 559. The van der Waals surface area contributed by atoms with Gasteiger partial charge in [-0.25, -0.2) is 0 Å². The van der Waals surface area contributed by atoms with Crippen molar-refractivity contribution in [2.24, 2.45) is 0 Å². The number of anilines is 1. The van der Waals surface area contributed by atoms with Gasteiger partial charge in [-0.05, 0) is 44.0 Å². The minimum Gasteiger partial charge on any atom is -0.358 e. The first kappa shape index (κ1) is 15.8. The van der Waals surface area contributed by atoms with E-state index in [0.29, 0.717) is 11.3 Å². The van der Waals surface area contributed by atoms with Gasteiger partial charge in [-0.3, -0.25) is 4.79 Å². The lowest BCUT2D eigenvalue weighted by atomic mass is 10.2. The number of carbonyl (C=O) groups excluding carboxylic acids is 1. The van der Waals surface area contributed by atoms with Crippen LogP contribution in [0.2, 0.25) is 0 Å². The summed E-state index contributed by atoms with van der Waals surface area (Å²) in [7, 11) is 0. The summed E-state index contributed by atoms with van der Waals surface area (Å²) in [6.07, 6.45) is 2.35. The molecule has 1 saturated heterocycles. The van der Waals surface area contributed by atoms with Crippen molar-refractivity contribution in [2.45, 2.75) is 25.0 Å². The molecule has 0 aliphatic carbocycles. The highest BCUT2D eigenvalue weighted by molar-refractivity contribution is 8.23. The van der Waals surface area contributed by atoms with Crippen LogP contribution in [0.3, 0.4) is 0 Å². The molecule has 0 radical (unpaired) electrons. The van der Waals surface area contributed by atoms with Crippen molar-refractivity contribution in [1.29, 1.82) is 5.26 Å². The van der Waals surface area contributed by atoms with Crippen molar-refractivity contribution in [1.82, 2.24) is 4.90 Å². The normalized spacial score (nSPS) is 15.3. The van der Waals surface area contributed by atoms with Crippen LogP contribution in [0, 0.1) is 11.3 Å². The minimum absolute atomic E-state index is 0.0775. The Kier molecular flexibility index (Phi) is 5.59.